The van der Waals surface area contributed by atoms with Gasteiger partial charge in [-0.3, -0.25) is 4.79 Å². The fourth-order valence-electron chi connectivity index (χ4n) is 4.48. The second kappa shape index (κ2) is 9.85. The van der Waals surface area contributed by atoms with Crippen molar-refractivity contribution in [2.24, 2.45) is 0 Å². The summed E-state index contributed by atoms with van der Waals surface area (Å²) in [5.41, 5.74) is -3.20. The van der Waals surface area contributed by atoms with Crippen LogP contribution in [0.15, 0.2) is 35.2 Å². The third-order valence-electron chi connectivity index (χ3n) is 6.85. The molecule has 7 nitrogen and oxygen atoms in total. The molecule has 0 bridgehead atoms. The molecule has 3 aromatic rings. The first-order chi connectivity index (χ1) is 18.0. The summed E-state index contributed by atoms with van der Waals surface area (Å²) >= 11 is 0. The Bertz CT molecular complexity index is 1590. The van der Waals surface area contributed by atoms with E-state index in [0.717, 1.165) is 25.7 Å². The molecule has 1 fully saturated rings. The van der Waals surface area contributed by atoms with E-state index in [9.17, 15) is 26.4 Å². The molecule has 1 N–H and O–H groups in total. The lowest BCUT2D eigenvalue weighted by molar-refractivity contribution is -0.142. The number of aromatic nitrogens is 2. The minimum atomic E-state index is -4.99. The summed E-state index contributed by atoms with van der Waals surface area (Å²) in [6.07, 6.45) is -1.86. The summed E-state index contributed by atoms with van der Waals surface area (Å²) in [5, 5.41) is 8.84. The maximum atomic E-state index is 15.2. The van der Waals surface area contributed by atoms with Crippen molar-refractivity contribution in [3.05, 3.63) is 69.9 Å². The number of benzene rings is 2. The SMILES string of the molecule is Cc1cc(C2(C)CCC2)c(F)c(F)c1Oc1nnc(C(F)(F)F)c(C)c1C(=O)Nc1cccc(S(C)(=O)=O)c1. The van der Waals surface area contributed by atoms with Crippen LogP contribution in [-0.2, 0) is 21.4 Å². The average molecular weight is 570 g/mol. The highest BCUT2D eigenvalue weighted by atomic mass is 32.2. The number of hydrogen-bond donors (Lipinski definition) is 1. The molecule has 0 unspecified atom stereocenters. The predicted octanol–water partition coefficient (Wildman–Crippen LogP) is 6.28. The third-order valence-corrected chi connectivity index (χ3v) is 7.96. The average Bonchev–Trinajstić information content (AvgIpc) is 2.81. The van der Waals surface area contributed by atoms with Gasteiger partial charge >= 0.3 is 6.18 Å². The summed E-state index contributed by atoms with van der Waals surface area (Å²) < 4.78 is 100. The summed E-state index contributed by atoms with van der Waals surface area (Å²) in [5.74, 6) is -5.13. The molecule has 0 atom stereocenters. The molecule has 0 spiro atoms. The van der Waals surface area contributed by atoms with E-state index in [2.05, 4.69) is 15.5 Å². The van der Waals surface area contributed by atoms with Gasteiger partial charge < -0.3 is 10.1 Å². The van der Waals surface area contributed by atoms with Crippen LogP contribution in [0.4, 0.5) is 27.6 Å². The second-order valence-corrected chi connectivity index (χ2v) is 11.8. The number of nitrogens with zero attached hydrogens (tertiary/aromatic N) is 2. The highest BCUT2D eigenvalue weighted by Crippen LogP contribution is 2.46. The second-order valence-electron chi connectivity index (χ2n) is 9.82. The normalized spacial score (nSPS) is 15.0. The number of hydrogen-bond acceptors (Lipinski definition) is 6. The first kappa shape index (κ1) is 28.4. The Morgan fingerprint density at radius 1 is 1.08 bits per heavy atom. The number of halogens is 5. The van der Waals surface area contributed by atoms with Crippen LogP contribution in [0.25, 0.3) is 0 Å². The van der Waals surface area contributed by atoms with Gasteiger partial charge in [-0.15, -0.1) is 10.2 Å². The van der Waals surface area contributed by atoms with Crippen molar-refractivity contribution >= 4 is 21.4 Å². The van der Waals surface area contributed by atoms with Gasteiger partial charge in [-0.05, 0) is 73.1 Å². The van der Waals surface area contributed by atoms with Gasteiger partial charge in [-0.25, -0.2) is 12.8 Å². The van der Waals surface area contributed by atoms with Crippen molar-refractivity contribution < 1.29 is 39.9 Å². The number of alkyl halides is 3. The maximum absolute atomic E-state index is 15.2. The van der Waals surface area contributed by atoms with Gasteiger partial charge in [0.2, 0.25) is 5.82 Å². The van der Waals surface area contributed by atoms with Crippen molar-refractivity contribution in [1.82, 2.24) is 10.2 Å². The molecule has 0 radical (unpaired) electrons. The Morgan fingerprint density at radius 2 is 1.74 bits per heavy atom. The molecule has 0 saturated heterocycles. The summed E-state index contributed by atoms with van der Waals surface area (Å²) in [4.78, 5) is 13.1. The van der Waals surface area contributed by atoms with E-state index >= 15 is 8.78 Å². The molecule has 13 heteroatoms. The van der Waals surface area contributed by atoms with Crippen LogP contribution in [0.3, 0.4) is 0 Å². The van der Waals surface area contributed by atoms with E-state index in [1.165, 1.54) is 31.2 Å². The fourth-order valence-corrected chi connectivity index (χ4v) is 5.15. The van der Waals surface area contributed by atoms with Crippen molar-refractivity contribution in [2.45, 2.75) is 56.5 Å². The Morgan fingerprint density at radius 3 is 2.31 bits per heavy atom. The highest BCUT2D eigenvalue weighted by molar-refractivity contribution is 7.90. The topological polar surface area (TPSA) is 98.2 Å². The molecule has 4 rings (SSSR count). The van der Waals surface area contributed by atoms with Gasteiger partial charge in [0, 0.05) is 11.9 Å². The van der Waals surface area contributed by atoms with E-state index in [4.69, 9.17) is 4.74 Å². The molecule has 1 aromatic heterocycles. The standard InChI is InChI=1S/C26H24F5N3O4S/c1-13-11-17(25(3)9-6-10-25)19(27)20(28)21(13)38-24-18(14(2)22(33-34-24)26(29,30)31)23(35)32-15-7-5-8-16(12-15)39(4,36)37/h5,7-8,11-12H,6,9-10H2,1-4H3,(H,32,35). The molecule has 1 amide bonds. The molecule has 1 aliphatic carbocycles. The number of aryl methyl sites for hydroxylation is 1. The number of anilines is 1. The summed E-state index contributed by atoms with van der Waals surface area (Å²) in [7, 11) is -3.66. The minimum Gasteiger partial charge on any atom is -0.433 e. The van der Waals surface area contributed by atoms with E-state index in [1.54, 1.807) is 6.92 Å². The molecule has 208 valence electrons. The van der Waals surface area contributed by atoms with Gasteiger partial charge in [0.15, 0.2) is 27.1 Å². The third kappa shape index (κ3) is 5.45. The van der Waals surface area contributed by atoms with E-state index in [-0.39, 0.29) is 21.7 Å². The lowest BCUT2D eigenvalue weighted by atomic mass is 9.65. The summed E-state index contributed by atoms with van der Waals surface area (Å²) in [6.45, 7) is 4.20. The molecule has 2 aromatic carbocycles. The highest BCUT2D eigenvalue weighted by Gasteiger charge is 2.40. The molecular weight excluding hydrogens is 545 g/mol. The van der Waals surface area contributed by atoms with Gasteiger partial charge in [-0.2, -0.15) is 17.6 Å². The zero-order chi connectivity index (χ0) is 28.9. The number of ether oxygens (including phenoxy) is 1. The van der Waals surface area contributed by atoms with Crippen molar-refractivity contribution in [3.8, 4) is 11.6 Å². The Hall–Kier alpha value is -3.61. The van der Waals surface area contributed by atoms with Gasteiger partial charge in [0.1, 0.15) is 5.56 Å². The van der Waals surface area contributed by atoms with E-state index < -0.39 is 67.4 Å². The number of nitrogens with one attached hydrogen (secondary N) is 1. The zero-order valence-corrected chi connectivity index (χ0v) is 22.2. The Kier molecular flexibility index (Phi) is 7.17. The van der Waals surface area contributed by atoms with Crippen LogP contribution < -0.4 is 10.1 Å². The zero-order valence-electron chi connectivity index (χ0n) is 21.3. The minimum absolute atomic E-state index is 0.0508. The first-order valence-corrected chi connectivity index (χ1v) is 13.6. The monoisotopic (exact) mass is 569 g/mol. The first-order valence-electron chi connectivity index (χ1n) is 11.8. The van der Waals surface area contributed by atoms with Gasteiger partial charge in [-0.1, -0.05) is 19.4 Å². The molecule has 0 aliphatic heterocycles. The number of amides is 1. The quantitative estimate of drug-likeness (QED) is 0.351. The lowest BCUT2D eigenvalue weighted by Gasteiger charge is -2.39. The molecule has 1 aliphatic rings. The van der Waals surface area contributed by atoms with Crippen LogP contribution in [0.5, 0.6) is 11.6 Å². The van der Waals surface area contributed by atoms with Crippen LogP contribution >= 0.6 is 0 Å². The molecule has 1 heterocycles. The van der Waals surface area contributed by atoms with Crippen molar-refractivity contribution in [2.75, 3.05) is 11.6 Å². The number of rotatable bonds is 6. The van der Waals surface area contributed by atoms with Gasteiger partial charge in [0.25, 0.3) is 11.8 Å². The predicted molar refractivity (Wildman–Crippen MR) is 132 cm³/mol. The lowest BCUT2D eigenvalue weighted by Crippen LogP contribution is -2.32. The van der Waals surface area contributed by atoms with Crippen LogP contribution in [0.2, 0.25) is 0 Å². The van der Waals surface area contributed by atoms with Crippen LogP contribution in [0.1, 0.15) is 58.9 Å². The number of carbonyl (C=O) groups excluding carboxylic acids is 1. The van der Waals surface area contributed by atoms with Crippen LogP contribution in [-0.4, -0.2) is 30.8 Å². The molecule has 1 saturated carbocycles. The number of carbonyl (C=O) groups is 1. The Labute approximate surface area is 221 Å². The largest absolute Gasteiger partial charge is 0.435 e. The van der Waals surface area contributed by atoms with Gasteiger partial charge in [0.05, 0.1) is 4.90 Å². The number of sulfone groups is 1. The molecule has 39 heavy (non-hydrogen) atoms. The Balaban J connectivity index is 1.79. The van der Waals surface area contributed by atoms with E-state index in [1.807, 2.05) is 0 Å². The smallest absolute Gasteiger partial charge is 0.433 e. The fraction of sp³-hybridized carbons (Fsp3) is 0.346. The maximum Gasteiger partial charge on any atom is 0.435 e. The summed E-state index contributed by atoms with van der Waals surface area (Å²) in [6, 6.07) is 6.44. The molecular formula is C26H24F5N3O4S. The van der Waals surface area contributed by atoms with Crippen molar-refractivity contribution in [3.63, 3.8) is 0 Å². The van der Waals surface area contributed by atoms with Crippen LogP contribution in [0, 0.1) is 25.5 Å². The van der Waals surface area contributed by atoms with E-state index in [0.29, 0.717) is 12.8 Å². The van der Waals surface area contributed by atoms with Crippen molar-refractivity contribution in [1.29, 1.82) is 0 Å².